The van der Waals surface area contributed by atoms with Gasteiger partial charge in [0.1, 0.15) is 18.2 Å². The van der Waals surface area contributed by atoms with Crippen molar-refractivity contribution in [2.45, 2.75) is 46.3 Å². The Morgan fingerprint density at radius 1 is 0.780 bits per heavy atom. The molecule has 1 unspecified atom stereocenters. The topological polar surface area (TPSA) is 39.9 Å². The van der Waals surface area contributed by atoms with Crippen LogP contribution in [0.5, 0.6) is 5.75 Å². The van der Waals surface area contributed by atoms with Crippen molar-refractivity contribution in [3.05, 3.63) is 136 Å². The molecule has 0 N–H and O–H groups in total. The van der Waals surface area contributed by atoms with Gasteiger partial charge in [-0.1, -0.05) is 99.1 Å². The zero-order chi connectivity index (χ0) is 28.3. The number of para-hydroxylation sites is 1. The van der Waals surface area contributed by atoms with E-state index < -0.39 is 0 Å². The molecule has 0 saturated heterocycles. The minimum atomic E-state index is 0.101. The van der Waals surface area contributed by atoms with Gasteiger partial charge in [0.2, 0.25) is 0 Å². The fourth-order valence-electron chi connectivity index (χ4n) is 5.42. The molecule has 0 aliphatic rings. The van der Waals surface area contributed by atoms with Crippen molar-refractivity contribution in [2.75, 3.05) is 0 Å². The summed E-state index contributed by atoms with van der Waals surface area (Å²) in [5.74, 6) is 2.51. The molecule has 6 rings (SSSR count). The monoisotopic (exact) mass is 559 g/mol. The van der Waals surface area contributed by atoms with E-state index in [1.807, 2.05) is 54.6 Å². The van der Waals surface area contributed by atoms with E-state index in [9.17, 15) is 0 Å². The zero-order valence-electron chi connectivity index (χ0n) is 23.7. The second-order valence-corrected chi connectivity index (χ2v) is 11.6. The predicted molar refractivity (Wildman–Crippen MR) is 169 cm³/mol. The van der Waals surface area contributed by atoms with Gasteiger partial charge in [0.05, 0.1) is 28.8 Å². The quantitative estimate of drug-likeness (QED) is 0.177. The third-order valence-electron chi connectivity index (χ3n) is 7.59. The zero-order valence-corrected chi connectivity index (χ0v) is 24.5. The highest BCUT2D eigenvalue weighted by atomic mass is 35.5. The van der Waals surface area contributed by atoms with Crippen molar-refractivity contribution >= 4 is 33.5 Å². The van der Waals surface area contributed by atoms with Gasteiger partial charge in [0.15, 0.2) is 0 Å². The highest BCUT2D eigenvalue weighted by molar-refractivity contribution is 6.31. The van der Waals surface area contributed by atoms with Crippen LogP contribution in [0.3, 0.4) is 0 Å². The van der Waals surface area contributed by atoms with E-state index in [0.29, 0.717) is 19.1 Å². The van der Waals surface area contributed by atoms with E-state index in [0.717, 1.165) is 56.2 Å². The summed E-state index contributed by atoms with van der Waals surface area (Å²) in [6.45, 7) is 7.77. The van der Waals surface area contributed by atoms with Crippen LogP contribution in [-0.2, 0) is 19.6 Å². The van der Waals surface area contributed by atoms with Gasteiger partial charge in [-0.15, -0.1) is 0 Å². The predicted octanol–water partition coefficient (Wildman–Crippen LogP) is 9.22. The van der Waals surface area contributed by atoms with E-state index in [4.69, 9.17) is 26.3 Å². The molecule has 4 nitrogen and oxygen atoms in total. The van der Waals surface area contributed by atoms with Crippen molar-refractivity contribution in [3.8, 4) is 5.75 Å². The lowest BCUT2D eigenvalue weighted by Crippen LogP contribution is -2.10. The number of hydrogen-bond acceptors (Lipinski definition) is 3. The Morgan fingerprint density at radius 2 is 1.56 bits per heavy atom. The van der Waals surface area contributed by atoms with Crippen LogP contribution in [-0.4, -0.2) is 14.5 Å². The molecule has 5 heteroatoms. The summed E-state index contributed by atoms with van der Waals surface area (Å²) in [6.07, 6.45) is 1.08. The van der Waals surface area contributed by atoms with Crippen LogP contribution in [0, 0.1) is 5.92 Å². The van der Waals surface area contributed by atoms with E-state index in [-0.39, 0.29) is 5.92 Å². The smallest absolute Gasteiger partial charge is 0.130 e. The molecule has 6 aromatic rings. The van der Waals surface area contributed by atoms with Gasteiger partial charge < -0.3 is 9.30 Å². The molecule has 0 aliphatic carbocycles. The van der Waals surface area contributed by atoms with E-state index in [2.05, 4.69) is 73.9 Å². The number of imidazole rings is 1. The van der Waals surface area contributed by atoms with Crippen molar-refractivity contribution < 1.29 is 4.74 Å². The second kappa shape index (κ2) is 11.8. The largest absolute Gasteiger partial charge is 0.487 e. The summed E-state index contributed by atoms with van der Waals surface area (Å²) in [6, 6.07) is 35.4. The maximum atomic E-state index is 6.60. The number of pyridine rings is 1. The number of benzene rings is 4. The average molecular weight is 560 g/mol. The average Bonchev–Trinajstić information content (AvgIpc) is 3.34. The minimum absolute atomic E-state index is 0.101. The molecule has 4 aromatic carbocycles. The molecule has 0 saturated carbocycles. The number of hydrogen-bond donors (Lipinski definition) is 0. The Morgan fingerprint density at radius 3 is 2.37 bits per heavy atom. The van der Waals surface area contributed by atoms with Crippen LogP contribution >= 0.6 is 11.6 Å². The number of rotatable bonds is 9. The summed E-state index contributed by atoms with van der Waals surface area (Å²) < 4.78 is 8.48. The highest BCUT2D eigenvalue weighted by Crippen LogP contribution is 2.31. The highest BCUT2D eigenvalue weighted by Gasteiger charge is 2.20. The van der Waals surface area contributed by atoms with Crippen LogP contribution in [0.1, 0.15) is 54.9 Å². The molecular formula is C36H34ClN3O. The lowest BCUT2D eigenvalue weighted by molar-refractivity contribution is 0.302. The van der Waals surface area contributed by atoms with Crippen molar-refractivity contribution in [3.63, 3.8) is 0 Å². The van der Waals surface area contributed by atoms with Gasteiger partial charge >= 0.3 is 0 Å². The Hall–Kier alpha value is -4.15. The summed E-state index contributed by atoms with van der Waals surface area (Å²) in [5.41, 5.74) is 7.49. The fraction of sp³-hybridized carbons (Fsp3) is 0.222. The van der Waals surface area contributed by atoms with E-state index in [1.54, 1.807) is 0 Å². The lowest BCUT2D eigenvalue weighted by Gasteiger charge is -2.17. The van der Waals surface area contributed by atoms with Gasteiger partial charge in [-0.05, 0) is 59.4 Å². The first-order chi connectivity index (χ1) is 19.9. The molecule has 41 heavy (non-hydrogen) atoms. The number of halogens is 1. The fourth-order valence-corrected chi connectivity index (χ4v) is 5.62. The lowest BCUT2D eigenvalue weighted by atomic mass is 9.96. The molecular weight excluding hydrogens is 526 g/mol. The van der Waals surface area contributed by atoms with E-state index in [1.165, 1.54) is 11.1 Å². The molecule has 0 spiro atoms. The molecule has 0 radical (unpaired) electrons. The Kier molecular flexibility index (Phi) is 7.76. The van der Waals surface area contributed by atoms with Gasteiger partial charge in [0, 0.05) is 22.4 Å². The first-order valence-corrected chi connectivity index (χ1v) is 14.6. The Balaban J connectivity index is 1.32. The Bertz CT molecular complexity index is 1810. The number of ether oxygens (including phenoxy) is 1. The maximum Gasteiger partial charge on any atom is 0.130 e. The molecule has 0 bridgehead atoms. The molecule has 206 valence electrons. The van der Waals surface area contributed by atoms with E-state index >= 15 is 0 Å². The molecule has 0 fully saturated rings. The van der Waals surface area contributed by atoms with Crippen LogP contribution in [0.15, 0.2) is 103 Å². The summed E-state index contributed by atoms with van der Waals surface area (Å²) in [4.78, 5) is 9.91. The molecule has 2 aromatic heterocycles. The number of nitrogens with zero attached hydrogens (tertiary/aromatic N) is 3. The minimum Gasteiger partial charge on any atom is -0.487 e. The summed E-state index contributed by atoms with van der Waals surface area (Å²) in [5, 5.41) is 1.88. The van der Waals surface area contributed by atoms with Gasteiger partial charge in [-0.2, -0.15) is 0 Å². The third-order valence-corrected chi connectivity index (χ3v) is 7.96. The summed E-state index contributed by atoms with van der Waals surface area (Å²) in [7, 11) is 0. The Labute approximate surface area is 246 Å². The standard InChI is InChI=1S/C36H34ClN3O/c1-24(2)20-26-12-14-27(15-13-26)25(3)36-39-34-21-31(41-23-30-17-16-28-8-5-7-11-33(28)38-30)18-19-35(34)40(36)22-29-9-4-6-10-32(29)37/h4-19,21,24-25H,20,22-23H2,1-3H3. The SMILES string of the molecule is CC(C)Cc1ccc(C(C)c2nc3cc(OCc4ccc5ccccc5n4)ccc3n2Cc2ccccc2Cl)cc1. The van der Waals surface area contributed by atoms with Gasteiger partial charge in [-0.25, -0.2) is 9.97 Å². The maximum absolute atomic E-state index is 6.60. The molecule has 2 heterocycles. The summed E-state index contributed by atoms with van der Waals surface area (Å²) >= 11 is 6.60. The van der Waals surface area contributed by atoms with Crippen LogP contribution in [0.2, 0.25) is 5.02 Å². The second-order valence-electron chi connectivity index (χ2n) is 11.1. The van der Waals surface area contributed by atoms with Gasteiger partial charge in [0.25, 0.3) is 0 Å². The first kappa shape index (κ1) is 27.0. The van der Waals surface area contributed by atoms with Crippen LogP contribution in [0.25, 0.3) is 21.9 Å². The van der Waals surface area contributed by atoms with Crippen LogP contribution in [0.4, 0.5) is 0 Å². The van der Waals surface area contributed by atoms with Gasteiger partial charge in [-0.3, -0.25) is 0 Å². The van der Waals surface area contributed by atoms with Crippen molar-refractivity contribution in [2.24, 2.45) is 5.92 Å². The molecule has 0 aliphatic heterocycles. The number of fused-ring (bicyclic) bond motifs is 2. The number of aromatic nitrogens is 3. The molecule has 1 atom stereocenters. The van der Waals surface area contributed by atoms with Crippen LogP contribution < -0.4 is 4.74 Å². The third kappa shape index (κ3) is 5.98. The normalized spacial score (nSPS) is 12.3. The van der Waals surface area contributed by atoms with Crippen molar-refractivity contribution in [1.29, 1.82) is 0 Å². The first-order valence-electron chi connectivity index (χ1n) is 14.2. The van der Waals surface area contributed by atoms with Crippen molar-refractivity contribution in [1.82, 2.24) is 14.5 Å². The molecule has 0 amide bonds.